The maximum atomic E-state index is 10.2. The van der Waals surface area contributed by atoms with Crippen molar-refractivity contribution in [1.29, 1.82) is 5.26 Å². The van der Waals surface area contributed by atoms with Gasteiger partial charge in [0.15, 0.2) is 5.82 Å². The summed E-state index contributed by atoms with van der Waals surface area (Å²) in [5, 5.41) is 15.0. The highest BCUT2D eigenvalue weighted by Gasteiger charge is 2.17. The molecule has 0 spiro atoms. The number of nitriles is 1. The number of fused-ring (bicyclic) bond motifs is 6. The molecule has 242 valence electrons. The van der Waals surface area contributed by atoms with Gasteiger partial charge in [-0.3, -0.25) is 0 Å². The second-order valence-electron chi connectivity index (χ2n) is 13.0. The number of thiophene rings is 1. The smallest absolute Gasteiger partial charge is 0.160 e. The Labute approximate surface area is 304 Å². The average molecular weight is 681 g/mol. The van der Waals surface area contributed by atoms with Crippen LogP contribution >= 0.6 is 11.3 Å². The van der Waals surface area contributed by atoms with Gasteiger partial charge in [-0.1, -0.05) is 109 Å². The van der Waals surface area contributed by atoms with Crippen molar-refractivity contribution in [1.82, 2.24) is 14.5 Å². The molecule has 0 N–H and O–H groups in total. The number of hydrogen-bond acceptors (Lipinski definition) is 4. The van der Waals surface area contributed by atoms with Crippen LogP contribution in [0.2, 0.25) is 0 Å². The van der Waals surface area contributed by atoms with Crippen molar-refractivity contribution in [3.63, 3.8) is 0 Å². The zero-order valence-electron chi connectivity index (χ0n) is 27.9. The van der Waals surface area contributed by atoms with Gasteiger partial charge in [0.1, 0.15) is 0 Å². The lowest BCUT2D eigenvalue weighted by molar-refractivity contribution is 1.17. The Bertz CT molecular complexity index is 2970. The fourth-order valence-electron chi connectivity index (χ4n) is 7.36. The number of para-hydroxylation sites is 1. The number of nitrogens with zero attached hydrogens (tertiary/aromatic N) is 4. The quantitative estimate of drug-likeness (QED) is 0.182. The van der Waals surface area contributed by atoms with E-state index in [9.17, 15) is 5.26 Å². The molecule has 0 amide bonds. The number of aromatic nitrogens is 3. The Kier molecular flexibility index (Phi) is 7.02. The highest BCUT2D eigenvalue weighted by Crippen LogP contribution is 2.39. The van der Waals surface area contributed by atoms with Crippen LogP contribution in [0.4, 0.5) is 0 Å². The molecule has 0 aliphatic heterocycles. The third-order valence-corrected chi connectivity index (χ3v) is 11.0. The predicted octanol–water partition coefficient (Wildman–Crippen LogP) is 12.5. The standard InChI is InChI=1S/C47H28N4S/c48-29-30-23-35(33-20-22-46-40(26-33)38-16-8-10-18-45(38)52-46)25-36(24-30)51-43-17-9-7-15-37(43)39-27-34(19-21-44(39)51)42-28-41(31-11-3-1-4-12-31)49-47(50-42)32-13-5-2-6-14-32/h1-28H. The predicted molar refractivity (Wildman–Crippen MR) is 216 cm³/mol. The third-order valence-electron chi connectivity index (χ3n) is 9.81. The molecule has 5 heteroatoms. The second kappa shape index (κ2) is 12.2. The summed E-state index contributed by atoms with van der Waals surface area (Å²) in [7, 11) is 0. The molecule has 10 rings (SSSR count). The van der Waals surface area contributed by atoms with Crippen molar-refractivity contribution in [3.8, 4) is 56.8 Å². The molecule has 0 radical (unpaired) electrons. The van der Waals surface area contributed by atoms with Gasteiger partial charge in [0.2, 0.25) is 0 Å². The van der Waals surface area contributed by atoms with Crippen molar-refractivity contribution < 1.29 is 0 Å². The van der Waals surface area contributed by atoms with E-state index in [0.29, 0.717) is 11.4 Å². The topological polar surface area (TPSA) is 54.5 Å². The van der Waals surface area contributed by atoms with E-state index in [2.05, 4.69) is 132 Å². The first kappa shape index (κ1) is 30.0. The molecular formula is C47H28N4S. The van der Waals surface area contributed by atoms with E-state index < -0.39 is 0 Å². The van der Waals surface area contributed by atoms with E-state index in [4.69, 9.17) is 9.97 Å². The summed E-state index contributed by atoms with van der Waals surface area (Å²) in [5.41, 5.74) is 10.6. The Hall–Kier alpha value is -6.87. The van der Waals surface area contributed by atoms with E-state index in [-0.39, 0.29) is 0 Å². The fourth-order valence-corrected chi connectivity index (χ4v) is 8.44. The summed E-state index contributed by atoms with van der Waals surface area (Å²) in [6.45, 7) is 0. The lowest BCUT2D eigenvalue weighted by Gasteiger charge is -2.12. The normalized spacial score (nSPS) is 11.4. The lowest BCUT2D eigenvalue weighted by Crippen LogP contribution is -1.97. The monoisotopic (exact) mass is 680 g/mol. The van der Waals surface area contributed by atoms with Gasteiger partial charge in [-0.2, -0.15) is 5.26 Å². The minimum atomic E-state index is 0.619. The van der Waals surface area contributed by atoms with Gasteiger partial charge < -0.3 is 4.57 Å². The zero-order chi connectivity index (χ0) is 34.6. The Morgan fingerprint density at radius 1 is 0.442 bits per heavy atom. The highest BCUT2D eigenvalue weighted by atomic mass is 32.1. The van der Waals surface area contributed by atoms with Gasteiger partial charge in [0.05, 0.1) is 34.1 Å². The largest absolute Gasteiger partial charge is 0.309 e. The highest BCUT2D eigenvalue weighted by molar-refractivity contribution is 7.25. The first-order valence-electron chi connectivity index (χ1n) is 17.2. The molecule has 0 aliphatic rings. The average Bonchev–Trinajstić information content (AvgIpc) is 3.76. The summed E-state index contributed by atoms with van der Waals surface area (Å²) < 4.78 is 4.82. The van der Waals surface area contributed by atoms with Crippen LogP contribution < -0.4 is 0 Å². The molecule has 0 unspecified atom stereocenters. The summed E-state index contributed by atoms with van der Waals surface area (Å²) in [6, 6.07) is 61.4. The lowest BCUT2D eigenvalue weighted by atomic mass is 10.00. The van der Waals surface area contributed by atoms with E-state index >= 15 is 0 Å². The van der Waals surface area contributed by atoms with Gasteiger partial charge >= 0.3 is 0 Å². The van der Waals surface area contributed by atoms with Gasteiger partial charge in [0, 0.05) is 53.3 Å². The first-order valence-corrected chi connectivity index (χ1v) is 18.0. The van der Waals surface area contributed by atoms with E-state index in [1.165, 1.54) is 20.2 Å². The van der Waals surface area contributed by atoms with Crippen molar-refractivity contribution in [2.75, 3.05) is 0 Å². The molecule has 3 heterocycles. The summed E-state index contributed by atoms with van der Waals surface area (Å²) in [4.78, 5) is 10.1. The van der Waals surface area contributed by atoms with Crippen LogP contribution in [0.15, 0.2) is 170 Å². The van der Waals surface area contributed by atoms with Crippen LogP contribution in [-0.4, -0.2) is 14.5 Å². The molecule has 7 aromatic carbocycles. The molecule has 0 saturated heterocycles. The van der Waals surface area contributed by atoms with E-state index in [1.54, 1.807) is 0 Å². The van der Waals surface area contributed by atoms with Crippen LogP contribution in [0.5, 0.6) is 0 Å². The third kappa shape index (κ3) is 5.05. The van der Waals surface area contributed by atoms with E-state index in [1.807, 2.05) is 59.9 Å². The van der Waals surface area contributed by atoms with E-state index in [0.717, 1.165) is 66.7 Å². The Morgan fingerprint density at radius 2 is 1.08 bits per heavy atom. The molecule has 4 nitrogen and oxygen atoms in total. The fraction of sp³-hybridized carbons (Fsp3) is 0. The molecule has 0 saturated carbocycles. The molecule has 10 aromatic rings. The summed E-state index contributed by atoms with van der Waals surface area (Å²) in [5.74, 6) is 0.689. The molecule has 0 bridgehead atoms. The zero-order valence-corrected chi connectivity index (χ0v) is 28.7. The molecule has 52 heavy (non-hydrogen) atoms. The number of hydrogen-bond donors (Lipinski definition) is 0. The van der Waals surface area contributed by atoms with Crippen LogP contribution in [0.1, 0.15) is 5.56 Å². The Balaban J connectivity index is 1.15. The van der Waals surface area contributed by atoms with Crippen molar-refractivity contribution in [2.24, 2.45) is 0 Å². The minimum absolute atomic E-state index is 0.619. The van der Waals surface area contributed by atoms with Crippen LogP contribution in [0.3, 0.4) is 0 Å². The van der Waals surface area contributed by atoms with Gasteiger partial charge in [-0.25, -0.2) is 9.97 Å². The SMILES string of the molecule is N#Cc1cc(-c2ccc3sc4ccccc4c3c2)cc(-n2c3ccccc3c3cc(-c4cc(-c5ccccc5)nc(-c5ccccc5)n4)ccc32)c1. The van der Waals surface area contributed by atoms with Crippen molar-refractivity contribution in [2.45, 2.75) is 0 Å². The van der Waals surface area contributed by atoms with Crippen LogP contribution in [0.25, 0.3) is 92.7 Å². The molecule has 0 fully saturated rings. The maximum absolute atomic E-state index is 10.2. The first-order chi connectivity index (χ1) is 25.7. The Morgan fingerprint density at radius 3 is 1.88 bits per heavy atom. The second-order valence-corrected chi connectivity index (χ2v) is 14.1. The van der Waals surface area contributed by atoms with Crippen LogP contribution in [0, 0.1) is 11.3 Å². The van der Waals surface area contributed by atoms with Crippen LogP contribution in [-0.2, 0) is 0 Å². The van der Waals surface area contributed by atoms with Crippen molar-refractivity contribution in [3.05, 3.63) is 175 Å². The summed E-state index contributed by atoms with van der Waals surface area (Å²) >= 11 is 1.81. The maximum Gasteiger partial charge on any atom is 0.160 e. The molecule has 0 aliphatic carbocycles. The molecular weight excluding hydrogens is 653 g/mol. The van der Waals surface area contributed by atoms with Gasteiger partial charge in [-0.15, -0.1) is 11.3 Å². The molecule has 0 atom stereocenters. The molecule has 3 aromatic heterocycles. The minimum Gasteiger partial charge on any atom is -0.309 e. The number of rotatable bonds is 5. The summed E-state index contributed by atoms with van der Waals surface area (Å²) in [6.07, 6.45) is 0. The number of benzene rings is 7. The van der Waals surface area contributed by atoms with Gasteiger partial charge in [0.25, 0.3) is 0 Å². The van der Waals surface area contributed by atoms with Gasteiger partial charge in [-0.05, 0) is 71.8 Å². The van der Waals surface area contributed by atoms with Crippen molar-refractivity contribution >= 4 is 53.3 Å².